The lowest BCUT2D eigenvalue weighted by atomic mass is 10.0. The van der Waals surface area contributed by atoms with Crippen LogP contribution in [0.25, 0.3) is 0 Å². The van der Waals surface area contributed by atoms with Crippen molar-refractivity contribution in [2.45, 2.75) is 4.58 Å². The van der Waals surface area contributed by atoms with Gasteiger partial charge < -0.3 is 14.9 Å². The van der Waals surface area contributed by atoms with Gasteiger partial charge in [-0.2, -0.15) is 0 Å². The number of hydrogen-bond donors (Lipinski definition) is 2. The van der Waals surface area contributed by atoms with E-state index in [1.165, 1.54) is 23.9 Å². The lowest BCUT2D eigenvalue weighted by Gasteiger charge is -2.14. The molecule has 0 saturated heterocycles. The van der Waals surface area contributed by atoms with Gasteiger partial charge in [-0.25, -0.2) is 4.79 Å². The maximum atomic E-state index is 12.8. The zero-order valence-electron chi connectivity index (χ0n) is 12.7. The number of aliphatic hydroxyl groups is 1. The van der Waals surface area contributed by atoms with Crippen molar-refractivity contribution in [2.24, 2.45) is 0 Å². The number of carbonyl (C=O) groups is 2. The summed E-state index contributed by atoms with van der Waals surface area (Å²) in [4.78, 5) is 23.3. The molecule has 2 N–H and O–H groups in total. The minimum atomic E-state index is -1.24. The fourth-order valence-electron chi connectivity index (χ4n) is 2.14. The van der Waals surface area contributed by atoms with E-state index in [1.807, 2.05) is 0 Å². The molecule has 6 nitrogen and oxygen atoms in total. The molecule has 0 radical (unpaired) electrons. The number of aliphatic carboxylic acids is 1. The van der Waals surface area contributed by atoms with E-state index in [4.69, 9.17) is 38.2 Å². The van der Waals surface area contributed by atoms with Gasteiger partial charge in [0.15, 0.2) is 12.4 Å². The first-order valence-electron chi connectivity index (χ1n) is 7.03. The number of carboxylic acid groups (broad SMARTS) is 1. The van der Waals surface area contributed by atoms with Gasteiger partial charge in [0, 0.05) is 33.4 Å². The standard InChI is InChI=1S/C15H14Cl2O6S2/c16-12-8(1-2-10(13(12)17)23-7-11(19)20)14(21)9-3-6-25(22)15(9)24-5-4-18/h1-3,15,18H,4-7H2,(H,19,20). The summed E-state index contributed by atoms with van der Waals surface area (Å²) in [7, 11) is -1.24. The average molecular weight is 425 g/mol. The van der Waals surface area contributed by atoms with Crippen LogP contribution in [0.5, 0.6) is 5.75 Å². The normalized spacial score (nSPS) is 19.6. The number of ketones is 1. The van der Waals surface area contributed by atoms with Crippen LogP contribution in [0.4, 0.5) is 0 Å². The van der Waals surface area contributed by atoms with E-state index in [1.54, 1.807) is 6.08 Å². The van der Waals surface area contributed by atoms with Gasteiger partial charge in [-0.05, 0) is 12.1 Å². The molecule has 1 aliphatic rings. The Morgan fingerprint density at radius 3 is 2.68 bits per heavy atom. The number of thioether (sulfide) groups is 1. The van der Waals surface area contributed by atoms with E-state index < -0.39 is 33.7 Å². The topological polar surface area (TPSA) is 101 Å². The van der Waals surface area contributed by atoms with Gasteiger partial charge in [-0.3, -0.25) is 9.00 Å². The van der Waals surface area contributed by atoms with Crippen LogP contribution >= 0.6 is 35.0 Å². The minimum Gasteiger partial charge on any atom is -0.480 e. The first-order chi connectivity index (χ1) is 11.9. The first kappa shape index (κ1) is 20.3. The van der Waals surface area contributed by atoms with Gasteiger partial charge in [-0.15, -0.1) is 11.8 Å². The number of rotatable bonds is 8. The van der Waals surface area contributed by atoms with Gasteiger partial charge in [0.05, 0.1) is 11.6 Å². The van der Waals surface area contributed by atoms with Crippen LogP contribution in [0, 0.1) is 0 Å². The molecule has 0 spiro atoms. The fourth-order valence-corrected chi connectivity index (χ4v) is 5.44. The molecule has 1 aromatic carbocycles. The summed E-state index contributed by atoms with van der Waals surface area (Å²) in [6.07, 6.45) is 1.60. The number of Topliss-reactive ketones (excluding diaryl/α,β-unsaturated/α-hetero) is 1. The maximum absolute atomic E-state index is 12.8. The number of ether oxygens (including phenoxy) is 1. The molecule has 0 aromatic heterocycles. The van der Waals surface area contributed by atoms with Crippen molar-refractivity contribution in [3.8, 4) is 5.75 Å². The third-order valence-corrected chi connectivity index (χ3v) is 7.34. The molecule has 136 valence electrons. The highest BCUT2D eigenvalue weighted by Gasteiger charge is 2.33. The Labute approximate surface area is 160 Å². The molecule has 2 unspecified atom stereocenters. The van der Waals surface area contributed by atoms with Crippen LogP contribution in [0.1, 0.15) is 10.4 Å². The van der Waals surface area contributed by atoms with Crippen LogP contribution in [-0.4, -0.2) is 55.5 Å². The molecule has 0 fully saturated rings. The van der Waals surface area contributed by atoms with E-state index >= 15 is 0 Å². The van der Waals surface area contributed by atoms with E-state index in [9.17, 15) is 13.8 Å². The molecule has 10 heteroatoms. The molecule has 0 bridgehead atoms. The lowest BCUT2D eigenvalue weighted by molar-refractivity contribution is -0.139. The molecule has 0 aliphatic carbocycles. The second-order valence-corrected chi connectivity index (χ2v) is 8.72. The molecule has 0 saturated carbocycles. The second kappa shape index (κ2) is 9.05. The van der Waals surface area contributed by atoms with Crippen molar-refractivity contribution in [2.75, 3.05) is 24.7 Å². The molecular weight excluding hydrogens is 411 g/mol. The SMILES string of the molecule is O=C(O)COc1ccc(C(=O)C2=CCS(=O)C2SCCO)c(Cl)c1Cl. The summed E-state index contributed by atoms with van der Waals surface area (Å²) in [5.41, 5.74) is 0.475. The van der Waals surface area contributed by atoms with E-state index in [0.717, 1.165) is 0 Å². The van der Waals surface area contributed by atoms with Gasteiger partial charge in [0.1, 0.15) is 15.4 Å². The molecule has 1 heterocycles. The Morgan fingerprint density at radius 2 is 2.04 bits per heavy atom. The number of halogens is 2. The van der Waals surface area contributed by atoms with E-state index in [2.05, 4.69) is 0 Å². The smallest absolute Gasteiger partial charge is 0.341 e. The van der Waals surface area contributed by atoms with Crippen molar-refractivity contribution >= 4 is 57.5 Å². The van der Waals surface area contributed by atoms with Crippen LogP contribution in [-0.2, 0) is 15.6 Å². The molecule has 2 rings (SSSR count). The van der Waals surface area contributed by atoms with Gasteiger partial charge in [0.2, 0.25) is 0 Å². The fraction of sp³-hybridized carbons (Fsp3) is 0.333. The second-order valence-electron chi connectivity index (χ2n) is 4.88. The summed E-state index contributed by atoms with van der Waals surface area (Å²) >= 11 is 13.4. The van der Waals surface area contributed by atoms with Crippen molar-refractivity contribution < 1.29 is 28.7 Å². The third kappa shape index (κ3) is 4.77. The summed E-state index contributed by atoms with van der Waals surface area (Å²) in [5, 5.41) is 17.5. The van der Waals surface area contributed by atoms with Crippen molar-refractivity contribution in [1.82, 2.24) is 0 Å². The van der Waals surface area contributed by atoms with Crippen LogP contribution in [0.3, 0.4) is 0 Å². The van der Waals surface area contributed by atoms with Crippen LogP contribution < -0.4 is 4.74 Å². The third-order valence-electron chi connectivity index (χ3n) is 3.23. The first-order valence-corrected chi connectivity index (χ1v) is 10.2. The monoisotopic (exact) mass is 424 g/mol. The van der Waals surface area contributed by atoms with E-state index in [-0.39, 0.29) is 33.7 Å². The highest BCUT2D eigenvalue weighted by Crippen LogP contribution is 2.38. The number of hydrogen-bond acceptors (Lipinski definition) is 6. The summed E-state index contributed by atoms with van der Waals surface area (Å²) < 4.78 is 16.5. The van der Waals surface area contributed by atoms with Gasteiger partial charge >= 0.3 is 5.97 Å². The van der Waals surface area contributed by atoms with Gasteiger partial charge in [0.25, 0.3) is 0 Å². The predicted molar refractivity (Wildman–Crippen MR) is 98.3 cm³/mol. The Kier molecular flexibility index (Phi) is 7.33. The Hall–Kier alpha value is -1.06. The zero-order chi connectivity index (χ0) is 18.6. The Balaban J connectivity index is 2.26. The Morgan fingerprint density at radius 1 is 1.32 bits per heavy atom. The maximum Gasteiger partial charge on any atom is 0.341 e. The quantitative estimate of drug-likeness (QED) is 0.617. The van der Waals surface area contributed by atoms with Crippen molar-refractivity contribution in [3.63, 3.8) is 0 Å². The average Bonchev–Trinajstić information content (AvgIpc) is 2.94. The van der Waals surface area contributed by atoms with E-state index in [0.29, 0.717) is 11.3 Å². The molecular formula is C15H14Cl2O6S2. The number of benzene rings is 1. The molecule has 0 amide bonds. The van der Waals surface area contributed by atoms with Crippen molar-refractivity contribution in [1.29, 1.82) is 0 Å². The largest absolute Gasteiger partial charge is 0.480 e. The Bertz CT molecular complexity index is 750. The summed E-state index contributed by atoms with van der Waals surface area (Å²) in [6, 6.07) is 2.76. The predicted octanol–water partition coefficient (Wildman–Crippen LogP) is 2.38. The molecule has 1 aromatic rings. The molecule has 2 atom stereocenters. The number of carbonyl (C=O) groups excluding carboxylic acids is 1. The summed E-state index contributed by atoms with van der Waals surface area (Å²) in [6.45, 7) is -0.671. The van der Waals surface area contributed by atoms with Crippen molar-refractivity contribution in [3.05, 3.63) is 39.4 Å². The highest BCUT2D eigenvalue weighted by atomic mass is 35.5. The van der Waals surface area contributed by atoms with Gasteiger partial charge in [-0.1, -0.05) is 29.3 Å². The van der Waals surface area contributed by atoms with Crippen LogP contribution in [0.2, 0.25) is 10.0 Å². The molecule has 25 heavy (non-hydrogen) atoms. The minimum absolute atomic E-state index is 0.0563. The zero-order valence-corrected chi connectivity index (χ0v) is 15.9. The molecule has 1 aliphatic heterocycles. The highest BCUT2D eigenvalue weighted by molar-refractivity contribution is 8.11. The number of carboxylic acids is 1. The number of aliphatic hydroxyl groups excluding tert-OH is 1. The van der Waals surface area contributed by atoms with Crippen LogP contribution in [0.15, 0.2) is 23.8 Å². The lowest BCUT2D eigenvalue weighted by Crippen LogP contribution is -2.17. The summed E-state index contributed by atoms with van der Waals surface area (Å²) in [5.74, 6) is -0.902.